The van der Waals surface area contributed by atoms with Gasteiger partial charge < -0.3 is 4.74 Å². The summed E-state index contributed by atoms with van der Waals surface area (Å²) in [5.41, 5.74) is 1.71. The van der Waals surface area contributed by atoms with Crippen LogP contribution in [-0.2, 0) is 10.3 Å². The van der Waals surface area contributed by atoms with Gasteiger partial charge in [-0.05, 0) is 19.9 Å². The van der Waals surface area contributed by atoms with Gasteiger partial charge in [-0.15, -0.1) is 0 Å². The standard InChI is InChI=1S/C10H10BNO2/c1-10(2)7-5-6(11)3-4-8(7)12-9(13)14-10/h3-5H,1-2H3,(H,12,13). The fourth-order valence-corrected chi connectivity index (χ4v) is 1.59. The molecule has 1 heterocycles. The molecule has 0 aromatic heterocycles. The number of rotatable bonds is 0. The molecule has 0 saturated carbocycles. The van der Waals surface area contributed by atoms with Gasteiger partial charge in [-0.25, -0.2) is 4.79 Å². The number of cyclic esters (lactones) is 1. The van der Waals surface area contributed by atoms with Crippen LogP contribution in [0.2, 0.25) is 0 Å². The zero-order valence-electron chi connectivity index (χ0n) is 8.13. The summed E-state index contributed by atoms with van der Waals surface area (Å²) in [5.74, 6) is 0. The highest BCUT2D eigenvalue weighted by atomic mass is 16.6. The molecule has 2 rings (SSSR count). The summed E-state index contributed by atoms with van der Waals surface area (Å²) < 4.78 is 5.15. The number of nitrogens with one attached hydrogen (secondary N) is 1. The van der Waals surface area contributed by atoms with Crippen LogP contribution in [0.25, 0.3) is 0 Å². The fraction of sp³-hybridized carbons (Fsp3) is 0.300. The van der Waals surface area contributed by atoms with Crippen molar-refractivity contribution in [2.45, 2.75) is 19.4 Å². The zero-order valence-corrected chi connectivity index (χ0v) is 8.13. The van der Waals surface area contributed by atoms with E-state index in [4.69, 9.17) is 12.6 Å². The molecule has 1 aromatic rings. The molecular formula is C10H10BNO2. The number of hydrogen-bond donors (Lipinski definition) is 1. The highest BCUT2D eigenvalue weighted by Crippen LogP contribution is 2.34. The highest BCUT2D eigenvalue weighted by Gasteiger charge is 2.32. The molecule has 1 N–H and O–H groups in total. The van der Waals surface area contributed by atoms with Gasteiger partial charge in [0, 0.05) is 5.56 Å². The molecular weight excluding hydrogens is 177 g/mol. The van der Waals surface area contributed by atoms with Crippen molar-refractivity contribution in [1.29, 1.82) is 0 Å². The van der Waals surface area contributed by atoms with E-state index in [2.05, 4.69) is 5.32 Å². The normalized spacial score (nSPS) is 18.0. The van der Waals surface area contributed by atoms with E-state index in [0.29, 0.717) is 5.46 Å². The minimum absolute atomic E-state index is 0.424. The van der Waals surface area contributed by atoms with Crippen LogP contribution in [0.5, 0.6) is 0 Å². The van der Waals surface area contributed by atoms with Gasteiger partial charge in [-0.1, -0.05) is 17.6 Å². The van der Waals surface area contributed by atoms with Gasteiger partial charge in [-0.2, -0.15) is 0 Å². The number of benzene rings is 1. The predicted octanol–water partition coefficient (Wildman–Crippen LogP) is 1.28. The molecule has 3 nitrogen and oxygen atoms in total. The Morgan fingerprint density at radius 1 is 1.43 bits per heavy atom. The Kier molecular flexibility index (Phi) is 1.81. The summed E-state index contributed by atoms with van der Waals surface area (Å²) in [4.78, 5) is 11.2. The number of ether oxygens (including phenoxy) is 1. The first-order valence-electron chi connectivity index (χ1n) is 4.39. The van der Waals surface area contributed by atoms with Crippen LogP contribution in [0, 0.1) is 0 Å². The smallest absolute Gasteiger partial charge is 0.412 e. The average molecular weight is 187 g/mol. The van der Waals surface area contributed by atoms with Crippen molar-refractivity contribution in [2.75, 3.05) is 5.32 Å². The Labute approximate surface area is 83.9 Å². The molecule has 1 aliphatic rings. The number of carbonyl (C=O) groups excluding carboxylic acids is 1. The monoisotopic (exact) mass is 187 g/mol. The maximum atomic E-state index is 11.2. The van der Waals surface area contributed by atoms with Crippen molar-refractivity contribution >= 4 is 25.1 Å². The second-order valence-corrected chi connectivity index (χ2v) is 3.83. The molecule has 0 spiro atoms. The summed E-state index contributed by atoms with van der Waals surface area (Å²) in [7, 11) is 5.67. The van der Waals surface area contributed by atoms with E-state index in [-0.39, 0.29) is 0 Å². The quantitative estimate of drug-likeness (QED) is 0.621. The molecule has 1 aromatic carbocycles. The second kappa shape index (κ2) is 2.77. The summed E-state index contributed by atoms with van der Waals surface area (Å²) >= 11 is 0. The van der Waals surface area contributed by atoms with Crippen molar-refractivity contribution in [2.24, 2.45) is 0 Å². The minimum Gasteiger partial charge on any atom is -0.438 e. The van der Waals surface area contributed by atoms with E-state index in [9.17, 15) is 4.79 Å². The molecule has 0 saturated heterocycles. The van der Waals surface area contributed by atoms with Crippen molar-refractivity contribution < 1.29 is 9.53 Å². The summed E-state index contributed by atoms with van der Waals surface area (Å²) in [5, 5.41) is 2.63. The largest absolute Gasteiger partial charge is 0.438 e. The van der Waals surface area contributed by atoms with E-state index in [0.717, 1.165) is 11.3 Å². The molecule has 0 bridgehead atoms. The first-order chi connectivity index (χ1) is 6.49. The van der Waals surface area contributed by atoms with Gasteiger partial charge in [0.05, 0.1) is 5.69 Å². The van der Waals surface area contributed by atoms with Gasteiger partial charge >= 0.3 is 6.09 Å². The Balaban J connectivity index is 2.58. The minimum atomic E-state index is -0.618. The van der Waals surface area contributed by atoms with E-state index in [1.165, 1.54) is 0 Å². The molecule has 0 aliphatic carbocycles. The molecule has 0 unspecified atom stereocenters. The molecule has 1 aliphatic heterocycles. The third-order valence-corrected chi connectivity index (χ3v) is 2.28. The van der Waals surface area contributed by atoms with Gasteiger partial charge in [0.15, 0.2) is 0 Å². The lowest BCUT2D eigenvalue weighted by Gasteiger charge is -2.32. The van der Waals surface area contributed by atoms with Crippen molar-refractivity contribution in [3.63, 3.8) is 0 Å². The number of hydrogen-bond acceptors (Lipinski definition) is 2. The molecule has 14 heavy (non-hydrogen) atoms. The van der Waals surface area contributed by atoms with Gasteiger partial charge in [0.1, 0.15) is 13.4 Å². The molecule has 1 amide bonds. The summed E-state index contributed by atoms with van der Waals surface area (Å²) in [6.07, 6.45) is -0.424. The Bertz CT molecular complexity index is 401. The van der Waals surface area contributed by atoms with Crippen molar-refractivity contribution in [3.8, 4) is 0 Å². The third-order valence-electron chi connectivity index (χ3n) is 2.28. The lowest BCUT2D eigenvalue weighted by Crippen LogP contribution is -2.35. The van der Waals surface area contributed by atoms with Crippen LogP contribution >= 0.6 is 0 Å². The van der Waals surface area contributed by atoms with Crippen LogP contribution < -0.4 is 10.8 Å². The van der Waals surface area contributed by atoms with Crippen molar-refractivity contribution in [3.05, 3.63) is 23.8 Å². The summed E-state index contributed by atoms with van der Waals surface area (Å²) in [6, 6.07) is 5.35. The lowest BCUT2D eigenvalue weighted by molar-refractivity contribution is 0.0421. The zero-order chi connectivity index (χ0) is 10.3. The van der Waals surface area contributed by atoms with Crippen LogP contribution in [-0.4, -0.2) is 13.9 Å². The fourth-order valence-electron chi connectivity index (χ4n) is 1.59. The number of amides is 1. The maximum absolute atomic E-state index is 11.2. The number of carbonyl (C=O) groups is 1. The Hall–Kier alpha value is -1.45. The SMILES string of the molecule is [B]c1ccc2c(c1)C(C)(C)OC(=O)N2. The third kappa shape index (κ3) is 1.37. The Morgan fingerprint density at radius 2 is 2.14 bits per heavy atom. The van der Waals surface area contributed by atoms with Gasteiger partial charge in [0.25, 0.3) is 0 Å². The molecule has 4 heteroatoms. The lowest BCUT2D eigenvalue weighted by atomic mass is 9.87. The van der Waals surface area contributed by atoms with E-state index < -0.39 is 11.7 Å². The molecule has 0 fully saturated rings. The van der Waals surface area contributed by atoms with Crippen LogP contribution in [0.3, 0.4) is 0 Å². The average Bonchev–Trinajstić information content (AvgIpc) is 2.05. The number of anilines is 1. The predicted molar refractivity (Wildman–Crippen MR) is 55.0 cm³/mol. The molecule has 0 atom stereocenters. The van der Waals surface area contributed by atoms with E-state index >= 15 is 0 Å². The number of fused-ring (bicyclic) bond motifs is 1. The van der Waals surface area contributed by atoms with Crippen molar-refractivity contribution in [1.82, 2.24) is 0 Å². The van der Waals surface area contributed by atoms with Crippen LogP contribution in [0.4, 0.5) is 10.5 Å². The maximum Gasteiger partial charge on any atom is 0.412 e. The second-order valence-electron chi connectivity index (χ2n) is 3.83. The Morgan fingerprint density at radius 3 is 2.86 bits per heavy atom. The first kappa shape index (κ1) is 9.12. The molecule has 70 valence electrons. The topological polar surface area (TPSA) is 38.3 Å². The highest BCUT2D eigenvalue weighted by molar-refractivity contribution is 6.32. The van der Waals surface area contributed by atoms with E-state index in [1.807, 2.05) is 19.9 Å². The summed E-state index contributed by atoms with van der Waals surface area (Å²) in [6.45, 7) is 3.67. The molecule has 2 radical (unpaired) electrons. The van der Waals surface area contributed by atoms with Crippen LogP contribution in [0.15, 0.2) is 18.2 Å². The first-order valence-corrected chi connectivity index (χ1v) is 4.39. The van der Waals surface area contributed by atoms with E-state index in [1.54, 1.807) is 12.1 Å². The van der Waals surface area contributed by atoms with Gasteiger partial charge in [0.2, 0.25) is 0 Å². The van der Waals surface area contributed by atoms with Crippen LogP contribution in [0.1, 0.15) is 19.4 Å². The van der Waals surface area contributed by atoms with Gasteiger partial charge in [-0.3, -0.25) is 5.32 Å².